The van der Waals surface area contributed by atoms with Gasteiger partial charge < -0.3 is 4.43 Å². The molecule has 0 saturated carbocycles. The molecular weight excluding hydrogens is 258 g/mol. The normalized spacial score (nSPS) is 13.6. The van der Waals surface area contributed by atoms with E-state index < -0.39 is 8.32 Å². The number of rotatable bonds is 4. The van der Waals surface area contributed by atoms with E-state index in [4.69, 9.17) is 4.43 Å². The third kappa shape index (κ3) is 4.17. The summed E-state index contributed by atoms with van der Waals surface area (Å²) in [5.74, 6) is 0. The molecule has 0 N–H and O–H groups in total. The van der Waals surface area contributed by atoms with E-state index in [0.717, 1.165) is 10.1 Å². The van der Waals surface area contributed by atoms with Crippen LogP contribution in [0.1, 0.15) is 27.7 Å². The average molecular weight is 281 g/mol. The quantitative estimate of drug-likeness (QED) is 0.437. The summed E-state index contributed by atoms with van der Waals surface area (Å²) in [5.41, 5.74) is 0. The lowest BCUT2D eigenvalue weighted by Gasteiger charge is -2.36. The summed E-state index contributed by atoms with van der Waals surface area (Å²) in [5, 5.41) is 2.15. The van der Waals surface area contributed by atoms with E-state index in [1.807, 2.05) is 37.4 Å². The molecule has 0 atom stereocenters. The fraction of sp³-hybridized carbons (Fsp3) is 0.500. The largest absolute Gasteiger partial charge is 0.539 e. The second-order valence-corrected chi connectivity index (χ2v) is 11.5. The summed E-state index contributed by atoms with van der Waals surface area (Å²) in [6.07, 6.45) is 3.84. The molecule has 0 fully saturated rings. The number of allylic oxidation sites excluding steroid dienone is 1. The standard InChI is InChI=1S/C14H23NOSSi/c1-7-13(16-18(5,6)14(2,3)4)17-12-10-8-9-11-15-12/h7-11H,1-6H3/b13-7+. The van der Waals surface area contributed by atoms with Gasteiger partial charge in [-0.3, -0.25) is 0 Å². The van der Waals surface area contributed by atoms with Gasteiger partial charge in [0.05, 0.1) is 0 Å². The highest BCUT2D eigenvalue weighted by Gasteiger charge is 2.39. The maximum Gasteiger partial charge on any atom is 0.251 e. The van der Waals surface area contributed by atoms with Gasteiger partial charge in [-0.2, -0.15) is 0 Å². The Bertz CT molecular complexity index is 410. The summed E-state index contributed by atoms with van der Waals surface area (Å²) < 4.78 is 6.28. The first-order valence-corrected chi connectivity index (χ1v) is 9.93. The van der Waals surface area contributed by atoms with Crippen LogP contribution >= 0.6 is 11.8 Å². The van der Waals surface area contributed by atoms with E-state index in [9.17, 15) is 0 Å². The van der Waals surface area contributed by atoms with Gasteiger partial charge in [0.15, 0.2) is 0 Å². The van der Waals surface area contributed by atoms with Crippen molar-refractivity contribution >= 4 is 20.1 Å². The Morgan fingerprint density at radius 1 is 1.33 bits per heavy atom. The molecule has 0 unspecified atom stereocenters. The van der Waals surface area contributed by atoms with Crippen molar-refractivity contribution in [3.05, 3.63) is 35.6 Å². The van der Waals surface area contributed by atoms with Crippen LogP contribution < -0.4 is 0 Å². The summed E-state index contributed by atoms with van der Waals surface area (Å²) in [6, 6.07) is 5.92. The molecule has 1 aromatic heterocycles. The van der Waals surface area contributed by atoms with E-state index in [1.54, 1.807) is 11.8 Å². The van der Waals surface area contributed by atoms with Crippen LogP contribution in [0, 0.1) is 0 Å². The minimum Gasteiger partial charge on any atom is -0.539 e. The van der Waals surface area contributed by atoms with Crippen LogP contribution in [-0.2, 0) is 4.43 Å². The van der Waals surface area contributed by atoms with Gasteiger partial charge in [-0.1, -0.05) is 26.8 Å². The minimum absolute atomic E-state index is 0.214. The Morgan fingerprint density at radius 2 is 2.00 bits per heavy atom. The Labute approximate surface area is 116 Å². The van der Waals surface area contributed by atoms with E-state index in [-0.39, 0.29) is 5.04 Å². The van der Waals surface area contributed by atoms with Gasteiger partial charge in [-0.15, -0.1) is 0 Å². The van der Waals surface area contributed by atoms with Crippen molar-refractivity contribution < 1.29 is 4.43 Å². The molecule has 1 aromatic rings. The Hall–Kier alpha value is -0.743. The zero-order chi connectivity index (χ0) is 13.8. The van der Waals surface area contributed by atoms with Crippen LogP contribution in [0.25, 0.3) is 0 Å². The molecule has 0 aromatic carbocycles. The molecule has 0 aliphatic rings. The van der Waals surface area contributed by atoms with Gasteiger partial charge in [0.25, 0.3) is 8.32 Å². The molecule has 0 aliphatic heterocycles. The first-order valence-electron chi connectivity index (χ1n) is 6.20. The van der Waals surface area contributed by atoms with Crippen molar-refractivity contribution in [3.8, 4) is 0 Å². The topological polar surface area (TPSA) is 22.1 Å². The van der Waals surface area contributed by atoms with E-state index >= 15 is 0 Å². The smallest absolute Gasteiger partial charge is 0.251 e. The summed E-state index contributed by atoms with van der Waals surface area (Å²) in [7, 11) is -1.76. The fourth-order valence-corrected chi connectivity index (χ4v) is 3.36. The third-order valence-corrected chi connectivity index (χ3v) is 8.70. The Kier molecular flexibility index (Phi) is 5.05. The highest BCUT2D eigenvalue weighted by atomic mass is 32.2. The van der Waals surface area contributed by atoms with Gasteiger partial charge in [0, 0.05) is 6.20 Å². The molecule has 2 nitrogen and oxygen atoms in total. The molecule has 0 spiro atoms. The van der Waals surface area contributed by atoms with Crippen molar-refractivity contribution in [2.45, 2.75) is 50.9 Å². The highest BCUT2D eigenvalue weighted by molar-refractivity contribution is 8.02. The highest BCUT2D eigenvalue weighted by Crippen LogP contribution is 2.40. The third-order valence-electron chi connectivity index (χ3n) is 3.24. The monoisotopic (exact) mass is 281 g/mol. The molecule has 0 radical (unpaired) electrons. The Balaban J connectivity index is 2.76. The van der Waals surface area contributed by atoms with Gasteiger partial charge in [0.2, 0.25) is 0 Å². The van der Waals surface area contributed by atoms with Gasteiger partial charge in [-0.25, -0.2) is 4.98 Å². The lowest BCUT2D eigenvalue weighted by atomic mass is 10.2. The number of hydrogen-bond acceptors (Lipinski definition) is 3. The van der Waals surface area contributed by atoms with Crippen LogP contribution in [0.3, 0.4) is 0 Å². The van der Waals surface area contributed by atoms with E-state index in [2.05, 4.69) is 38.8 Å². The summed E-state index contributed by atoms with van der Waals surface area (Å²) in [4.78, 5) is 4.32. The number of aromatic nitrogens is 1. The van der Waals surface area contributed by atoms with Gasteiger partial charge in [0.1, 0.15) is 10.1 Å². The summed E-state index contributed by atoms with van der Waals surface area (Å²) >= 11 is 1.59. The molecule has 4 heteroatoms. The average Bonchev–Trinajstić information content (AvgIpc) is 2.27. The lowest BCUT2D eigenvalue weighted by Crippen LogP contribution is -2.40. The van der Waals surface area contributed by atoms with Crippen molar-refractivity contribution in [2.75, 3.05) is 0 Å². The van der Waals surface area contributed by atoms with Crippen LogP contribution in [0.5, 0.6) is 0 Å². The van der Waals surface area contributed by atoms with Crippen molar-refractivity contribution in [1.82, 2.24) is 4.98 Å². The van der Waals surface area contributed by atoms with Crippen LogP contribution in [0.2, 0.25) is 18.1 Å². The molecule has 100 valence electrons. The van der Waals surface area contributed by atoms with Gasteiger partial charge in [-0.05, 0) is 55.0 Å². The predicted molar refractivity (Wildman–Crippen MR) is 82.1 cm³/mol. The second kappa shape index (κ2) is 5.93. The van der Waals surface area contributed by atoms with E-state index in [0.29, 0.717) is 0 Å². The summed E-state index contributed by atoms with van der Waals surface area (Å²) in [6.45, 7) is 13.3. The predicted octanol–water partition coefficient (Wildman–Crippen LogP) is 5.06. The molecule has 18 heavy (non-hydrogen) atoms. The Morgan fingerprint density at radius 3 is 2.44 bits per heavy atom. The van der Waals surface area contributed by atoms with E-state index in [1.165, 1.54) is 0 Å². The number of nitrogens with zero attached hydrogens (tertiary/aromatic N) is 1. The first-order chi connectivity index (χ1) is 8.26. The number of thioether (sulfide) groups is 1. The molecular formula is C14H23NOSSi. The maximum absolute atomic E-state index is 6.28. The number of hydrogen-bond donors (Lipinski definition) is 0. The van der Waals surface area contributed by atoms with Crippen LogP contribution in [0.4, 0.5) is 0 Å². The van der Waals surface area contributed by atoms with Crippen molar-refractivity contribution in [1.29, 1.82) is 0 Å². The lowest BCUT2D eigenvalue weighted by molar-refractivity contribution is 0.417. The number of pyridine rings is 1. The first kappa shape index (κ1) is 15.3. The zero-order valence-corrected chi connectivity index (χ0v) is 14.0. The fourth-order valence-electron chi connectivity index (χ4n) is 1.05. The van der Waals surface area contributed by atoms with Crippen LogP contribution in [0.15, 0.2) is 40.6 Å². The maximum atomic E-state index is 6.28. The molecule has 1 rings (SSSR count). The van der Waals surface area contributed by atoms with Crippen molar-refractivity contribution in [3.63, 3.8) is 0 Å². The van der Waals surface area contributed by atoms with Crippen molar-refractivity contribution in [2.24, 2.45) is 0 Å². The molecule has 1 heterocycles. The molecule has 0 saturated heterocycles. The molecule has 0 aliphatic carbocycles. The SMILES string of the molecule is C/C=C(\O[Si](C)(C)C(C)(C)C)Sc1ccccn1. The zero-order valence-electron chi connectivity index (χ0n) is 12.2. The second-order valence-electron chi connectivity index (χ2n) is 5.74. The van der Waals surface area contributed by atoms with Gasteiger partial charge >= 0.3 is 0 Å². The van der Waals surface area contributed by atoms with Crippen LogP contribution in [-0.4, -0.2) is 13.3 Å². The molecule has 0 amide bonds. The minimum atomic E-state index is -1.76. The molecule has 0 bridgehead atoms.